The Labute approximate surface area is 209 Å². The molecule has 0 bridgehead atoms. The Kier molecular flexibility index (Phi) is 7.88. The molecule has 0 aliphatic rings. The van der Waals surface area contributed by atoms with Gasteiger partial charge in [0.05, 0.1) is 5.92 Å². The van der Waals surface area contributed by atoms with Crippen LogP contribution in [0.3, 0.4) is 0 Å². The molecule has 0 radical (unpaired) electrons. The van der Waals surface area contributed by atoms with Crippen LogP contribution in [0.5, 0.6) is 5.75 Å². The summed E-state index contributed by atoms with van der Waals surface area (Å²) in [7, 11) is 0. The fourth-order valence-electron chi connectivity index (χ4n) is 3.86. The van der Waals surface area contributed by atoms with E-state index in [0.717, 1.165) is 16.7 Å². The molecule has 0 saturated carbocycles. The number of rotatable bonds is 8. The van der Waals surface area contributed by atoms with Gasteiger partial charge in [0.2, 0.25) is 5.91 Å². The van der Waals surface area contributed by atoms with E-state index in [1.165, 1.54) is 13.0 Å². The Morgan fingerprint density at radius 3 is 1.94 bits per heavy atom. The highest BCUT2D eigenvalue weighted by Crippen LogP contribution is 2.26. The van der Waals surface area contributed by atoms with Crippen molar-refractivity contribution in [1.82, 2.24) is 5.32 Å². The molecule has 6 nitrogen and oxygen atoms in total. The summed E-state index contributed by atoms with van der Waals surface area (Å²) in [6.07, 6.45) is 0. The van der Waals surface area contributed by atoms with Crippen LogP contribution in [0.1, 0.15) is 39.9 Å². The molecule has 0 aromatic heterocycles. The minimum atomic E-state index is -0.446. The Hall–Kier alpha value is -4.71. The number of hydrogen-bond donors (Lipinski definition) is 2. The van der Waals surface area contributed by atoms with Gasteiger partial charge in [-0.1, -0.05) is 78.9 Å². The highest BCUT2D eigenvalue weighted by atomic mass is 16.5. The van der Waals surface area contributed by atoms with Crippen LogP contribution in [0.25, 0.3) is 0 Å². The van der Waals surface area contributed by atoms with Crippen molar-refractivity contribution in [2.45, 2.75) is 19.4 Å². The molecule has 2 N–H and O–H groups in total. The molecule has 4 rings (SSSR count). The summed E-state index contributed by atoms with van der Waals surface area (Å²) in [6.45, 7) is 1.61. The van der Waals surface area contributed by atoms with Gasteiger partial charge in [-0.25, -0.2) is 0 Å². The highest BCUT2D eigenvalue weighted by molar-refractivity contribution is 5.98. The first-order valence-corrected chi connectivity index (χ1v) is 11.6. The van der Waals surface area contributed by atoms with E-state index in [0.29, 0.717) is 23.5 Å². The molecular weight excluding hydrogens is 452 g/mol. The average molecular weight is 479 g/mol. The Morgan fingerprint density at radius 2 is 1.36 bits per heavy atom. The number of nitrogens with one attached hydrogen (secondary N) is 2. The maximum absolute atomic E-state index is 13.3. The first-order chi connectivity index (χ1) is 17.5. The van der Waals surface area contributed by atoms with Crippen LogP contribution in [0.15, 0.2) is 109 Å². The van der Waals surface area contributed by atoms with Gasteiger partial charge in [0.25, 0.3) is 5.91 Å². The van der Waals surface area contributed by atoms with Gasteiger partial charge in [0.1, 0.15) is 5.75 Å². The van der Waals surface area contributed by atoms with Crippen LogP contribution >= 0.6 is 0 Å². The Bertz CT molecular complexity index is 1300. The van der Waals surface area contributed by atoms with E-state index in [9.17, 15) is 14.4 Å². The van der Waals surface area contributed by atoms with Crippen molar-refractivity contribution < 1.29 is 19.1 Å². The molecule has 0 aliphatic carbocycles. The predicted molar refractivity (Wildman–Crippen MR) is 139 cm³/mol. The van der Waals surface area contributed by atoms with Crippen molar-refractivity contribution in [1.29, 1.82) is 0 Å². The topological polar surface area (TPSA) is 84.5 Å². The normalized spacial score (nSPS) is 10.5. The smallest absolute Gasteiger partial charge is 0.308 e. The largest absolute Gasteiger partial charge is 0.427 e. The number of carbonyl (C=O) groups excluding carboxylic acids is 3. The molecule has 0 spiro atoms. The summed E-state index contributed by atoms with van der Waals surface area (Å²) >= 11 is 0. The second-order valence-corrected chi connectivity index (χ2v) is 8.24. The molecule has 0 saturated heterocycles. The summed E-state index contributed by atoms with van der Waals surface area (Å²) in [4.78, 5) is 36.9. The minimum absolute atomic E-state index is 0.124. The summed E-state index contributed by atoms with van der Waals surface area (Å²) in [5, 5.41) is 5.86. The van der Waals surface area contributed by atoms with Gasteiger partial charge in [-0.2, -0.15) is 0 Å². The zero-order chi connectivity index (χ0) is 25.3. The number of anilines is 1. The molecular formula is C30H26N2O4. The maximum atomic E-state index is 13.3. The van der Waals surface area contributed by atoms with Gasteiger partial charge in [-0.05, 0) is 47.0 Å². The van der Waals surface area contributed by atoms with Crippen molar-refractivity contribution in [3.8, 4) is 5.75 Å². The van der Waals surface area contributed by atoms with E-state index >= 15 is 0 Å². The number of esters is 1. The number of amides is 2. The molecule has 0 atom stereocenters. The van der Waals surface area contributed by atoms with Gasteiger partial charge >= 0.3 is 5.97 Å². The Balaban J connectivity index is 1.39. The van der Waals surface area contributed by atoms with Gasteiger partial charge in [-0.15, -0.1) is 0 Å². The van der Waals surface area contributed by atoms with Crippen LogP contribution in [0.4, 0.5) is 5.69 Å². The van der Waals surface area contributed by atoms with Crippen molar-refractivity contribution in [2.24, 2.45) is 0 Å². The number of carbonyl (C=O) groups is 3. The lowest BCUT2D eigenvalue weighted by molar-refractivity contribution is -0.131. The zero-order valence-electron chi connectivity index (χ0n) is 19.8. The first-order valence-electron chi connectivity index (χ1n) is 11.6. The van der Waals surface area contributed by atoms with Crippen LogP contribution in [-0.4, -0.2) is 17.8 Å². The van der Waals surface area contributed by atoms with E-state index in [-0.39, 0.29) is 11.8 Å². The molecule has 36 heavy (non-hydrogen) atoms. The lowest BCUT2D eigenvalue weighted by Gasteiger charge is -2.18. The predicted octanol–water partition coefficient (Wildman–Crippen LogP) is 5.31. The highest BCUT2D eigenvalue weighted by Gasteiger charge is 2.22. The van der Waals surface area contributed by atoms with Crippen molar-refractivity contribution in [2.75, 3.05) is 5.32 Å². The molecule has 4 aromatic carbocycles. The summed E-state index contributed by atoms with van der Waals surface area (Å²) in [5.41, 5.74) is 3.77. The lowest BCUT2D eigenvalue weighted by Crippen LogP contribution is -2.23. The molecule has 0 aliphatic heterocycles. The molecule has 2 amide bonds. The second kappa shape index (κ2) is 11.6. The SMILES string of the molecule is CC(=O)Oc1cccc(C(=O)NCc2ccc(NC(=O)C(c3ccccc3)c3ccccc3)cc2)c1. The standard InChI is InChI=1S/C30H26N2O4/c1-21(33)36-27-14-8-13-25(19-27)29(34)31-20-22-15-17-26(18-16-22)32-30(35)28(23-9-4-2-5-10-23)24-11-6-3-7-12-24/h2-19,28H,20H2,1H3,(H,31,34)(H,32,35). The molecule has 6 heteroatoms. The Morgan fingerprint density at radius 1 is 0.750 bits per heavy atom. The molecule has 0 unspecified atom stereocenters. The zero-order valence-corrected chi connectivity index (χ0v) is 19.8. The van der Waals surface area contributed by atoms with Gasteiger partial charge < -0.3 is 15.4 Å². The molecule has 0 fully saturated rings. The maximum Gasteiger partial charge on any atom is 0.308 e. The van der Waals surface area contributed by atoms with Crippen LogP contribution in [0.2, 0.25) is 0 Å². The van der Waals surface area contributed by atoms with Crippen LogP contribution in [-0.2, 0) is 16.1 Å². The molecule has 180 valence electrons. The monoisotopic (exact) mass is 478 g/mol. The lowest BCUT2D eigenvalue weighted by atomic mass is 9.90. The first kappa shape index (κ1) is 24.4. The fraction of sp³-hybridized carbons (Fsp3) is 0.100. The fourth-order valence-corrected chi connectivity index (χ4v) is 3.86. The van der Waals surface area contributed by atoms with Crippen molar-refractivity contribution in [3.05, 3.63) is 131 Å². The van der Waals surface area contributed by atoms with E-state index < -0.39 is 11.9 Å². The number of hydrogen-bond acceptors (Lipinski definition) is 4. The third-order valence-electron chi connectivity index (χ3n) is 5.56. The van der Waals surface area contributed by atoms with Crippen molar-refractivity contribution >= 4 is 23.5 Å². The quantitative estimate of drug-likeness (QED) is 0.265. The van der Waals surface area contributed by atoms with Crippen LogP contribution < -0.4 is 15.4 Å². The number of benzene rings is 4. The van der Waals surface area contributed by atoms with Crippen molar-refractivity contribution in [3.63, 3.8) is 0 Å². The van der Waals surface area contributed by atoms with E-state index in [1.54, 1.807) is 18.2 Å². The van der Waals surface area contributed by atoms with E-state index in [1.807, 2.05) is 84.9 Å². The van der Waals surface area contributed by atoms with Gasteiger partial charge in [-0.3, -0.25) is 14.4 Å². The third kappa shape index (κ3) is 6.45. The minimum Gasteiger partial charge on any atom is -0.427 e. The summed E-state index contributed by atoms with van der Waals surface area (Å²) in [5.74, 6) is -0.969. The van der Waals surface area contributed by atoms with Gasteiger partial charge in [0.15, 0.2) is 0 Å². The van der Waals surface area contributed by atoms with Crippen LogP contribution in [0, 0.1) is 0 Å². The summed E-state index contributed by atoms with van der Waals surface area (Å²) in [6, 6.07) is 33.1. The van der Waals surface area contributed by atoms with Gasteiger partial charge in [0, 0.05) is 24.7 Å². The molecule has 0 heterocycles. The van der Waals surface area contributed by atoms with E-state index in [4.69, 9.17) is 4.74 Å². The molecule has 4 aromatic rings. The van der Waals surface area contributed by atoms with E-state index in [2.05, 4.69) is 10.6 Å². The average Bonchev–Trinajstić information content (AvgIpc) is 2.89. The number of ether oxygens (including phenoxy) is 1. The summed E-state index contributed by atoms with van der Waals surface area (Å²) < 4.78 is 5.03. The second-order valence-electron chi connectivity index (χ2n) is 8.24. The third-order valence-corrected chi connectivity index (χ3v) is 5.56.